The number of rotatable bonds is 5. The van der Waals surface area contributed by atoms with E-state index in [1.165, 1.54) is 48.7 Å². The van der Waals surface area contributed by atoms with Gasteiger partial charge in [-0.2, -0.15) is 0 Å². The highest BCUT2D eigenvalue weighted by atomic mass is 32.1. The summed E-state index contributed by atoms with van der Waals surface area (Å²) in [4.78, 5) is 10.3. The molecule has 1 aliphatic carbocycles. The van der Waals surface area contributed by atoms with Crippen molar-refractivity contribution in [2.24, 2.45) is 10.9 Å². The molecule has 0 spiro atoms. The molecule has 0 amide bonds. The molecule has 188 valence electrons. The van der Waals surface area contributed by atoms with E-state index in [1.807, 2.05) is 11.3 Å². The molecule has 1 saturated heterocycles. The minimum absolute atomic E-state index is 0.444. The Morgan fingerprint density at radius 2 is 1.69 bits per heavy atom. The number of piperazine rings is 1. The molecule has 36 heavy (non-hydrogen) atoms. The number of nitrogens with zero attached hydrogens (tertiary/aromatic N) is 3. The zero-order valence-electron chi connectivity index (χ0n) is 22.3. The molecular formula is C32H39N3S. The number of hydrogen-bond acceptors (Lipinski definition) is 4. The first-order chi connectivity index (χ1) is 17.6. The molecule has 0 radical (unpaired) electrons. The third kappa shape index (κ3) is 5.35. The molecule has 2 aliphatic rings. The molecule has 1 unspecified atom stereocenters. The minimum Gasteiger partial charge on any atom is -0.369 e. The van der Waals surface area contributed by atoms with E-state index in [1.54, 1.807) is 0 Å². The van der Waals surface area contributed by atoms with Crippen LogP contribution in [0.1, 0.15) is 44.7 Å². The summed E-state index contributed by atoms with van der Waals surface area (Å²) >= 11 is 1.85. The van der Waals surface area contributed by atoms with Gasteiger partial charge in [-0.25, -0.2) is 4.99 Å². The number of likely N-dealkylation sites (N-methyl/N-ethyl adjacent to an activating group) is 1. The number of fused-ring (bicyclic) bond motifs is 1. The lowest BCUT2D eigenvalue weighted by Crippen LogP contribution is -2.43. The molecular weight excluding hydrogens is 458 g/mol. The number of benzene rings is 2. The molecule has 1 fully saturated rings. The van der Waals surface area contributed by atoms with Crippen LogP contribution in [-0.2, 0) is 12.8 Å². The first-order valence-electron chi connectivity index (χ1n) is 13.6. The minimum atomic E-state index is 0.444. The van der Waals surface area contributed by atoms with Crippen molar-refractivity contribution < 1.29 is 0 Å². The van der Waals surface area contributed by atoms with Gasteiger partial charge in [0, 0.05) is 42.3 Å². The molecule has 1 aromatic heterocycles. The van der Waals surface area contributed by atoms with Gasteiger partial charge < -0.3 is 9.80 Å². The molecule has 4 heteroatoms. The van der Waals surface area contributed by atoms with Crippen LogP contribution in [0.2, 0.25) is 0 Å². The molecule has 0 bridgehead atoms. The van der Waals surface area contributed by atoms with Crippen LogP contribution in [0.3, 0.4) is 0 Å². The summed E-state index contributed by atoms with van der Waals surface area (Å²) in [6, 6.07) is 16.0. The highest BCUT2D eigenvalue weighted by Gasteiger charge is 2.19. The monoisotopic (exact) mass is 497 g/mol. The van der Waals surface area contributed by atoms with Gasteiger partial charge in [-0.3, -0.25) is 0 Å². The van der Waals surface area contributed by atoms with E-state index in [-0.39, 0.29) is 0 Å². The molecule has 0 saturated carbocycles. The lowest BCUT2D eigenvalue weighted by molar-refractivity contribution is 0.190. The summed E-state index contributed by atoms with van der Waals surface area (Å²) in [5, 5.41) is 2.55. The van der Waals surface area contributed by atoms with E-state index in [0.717, 1.165) is 51.9 Å². The molecule has 3 nitrogen and oxygen atoms in total. The maximum Gasteiger partial charge on any atom is 0.120 e. The third-order valence-corrected chi connectivity index (χ3v) is 8.86. The van der Waals surface area contributed by atoms with Crippen molar-refractivity contribution in [1.29, 1.82) is 0 Å². The second-order valence-electron chi connectivity index (χ2n) is 10.3. The Labute approximate surface area is 220 Å². The van der Waals surface area contributed by atoms with Gasteiger partial charge >= 0.3 is 0 Å². The van der Waals surface area contributed by atoms with E-state index in [0.29, 0.717) is 5.92 Å². The summed E-state index contributed by atoms with van der Waals surface area (Å²) in [5.41, 5.74) is 7.89. The van der Waals surface area contributed by atoms with Crippen molar-refractivity contribution in [1.82, 2.24) is 9.80 Å². The van der Waals surface area contributed by atoms with Crippen LogP contribution in [0.15, 0.2) is 71.4 Å². The summed E-state index contributed by atoms with van der Waals surface area (Å²) in [7, 11) is 2.22. The molecule has 5 rings (SSSR count). The Bertz CT molecular complexity index is 1290. The van der Waals surface area contributed by atoms with Crippen LogP contribution in [0.5, 0.6) is 0 Å². The number of aryl methyl sites for hydroxylation is 2. The van der Waals surface area contributed by atoms with Crippen LogP contribution in [0.25, 0.3) is 21.2 Å². The maximum absolute atomic E-state index is 5.38. The van der Waals surface area contributed by atoms with Gasteiger partial charge in [-0.1, -0.05) is 63.2 Å². The van der Waals surface area contributed by atoms with Crippen molar-refractivity contribution in [3.05, 3.63) is 77.5 Å². The fourth-order valence-corrected chi connectivity index (χ4v) is 6.47. The fourth-order valence-electron chi connectivity index (χ4n) is 5.24. The molecule has 1 aliphatic heterocycles. The van der Waals surface area contributed by atoms with E-state index in [9.17, 15) is 0 Å². The quantitative estimate of drug-likeness (QED) is 0.357. The zero-order chi connectivity index (χ0) is 25.1. The van der Waals surface area contributed by atoms with Crippen molar-refractivity contribution in [3.63, 3.8) is 0 Å². The van der Waals surface area contributed by atoms with Crippen LogP contribution >= 0.6 is 11.3 Å². The standard InChI is InChI=1S/C32H39N3S/c1-5-24-11-13-25(14-12-24)26-15-16-29-28(6-2)32(36-31(29)21-26)33-30-22-27(10-8-7-9-23(30)3)35-19-17-34(4)18-20-35/h8,10-16,21-23H,5-7,9,17-20H2,1-4H3/b10-8-,27-22+,33-30?. The van der Waals surface area contributed by atoms with Crippen molar-refractivity contribution in [2.75, 3.05) is 33.2 Å². The summed E-state index contributed by atoms with van der Waals surface area (Å²) in [5.74, 6) is 0.444. The van der Waals surface area contributed by atoms with E-state index in [4.69, 9.17) is 4.99 Å². The number of aliphatic imine (C=N–C) groups is 1. The van der Waals surface area contributed by atoms with Gasteiger partial charge in [0.15, 0.2) is 0 Å². The third-order valence-electron chi connectivity index (χ3n) is 7.78. The highest BCUT2D eigenvalue weighted by Crippen LogP contribution is 2.41. The molecule has 3 aromatic rings. The van der Waals surface area contributed by atoms with Crippen molar-refractivity contribution >= 4 is 32.1 Å². The SMILES string of the molecule is CCc1ccc(-c2ccc3c(CC)c(N=C4/C=C(N5CCN(C)CC5)\C=C/CCC4C)sc3c2)cc1. The van der Waals surface area contributed by atoms with E-state index in [2.05, 4.69) is 98.3 Å². The fraction of sp³-hybridized carbons (Fsp3) is 0.406. The van der Waals surface area contributed by atoms with Gasteiger partial charge in [0.25, 0.3) is 0 Å². The Kier molecular flexibility index (Phi) is 7.73. The number of hydrogen-bond donors (Lipinski definition) is 0. The summed E-state index contributed by atoms with van der Waals surface area (Å²) < 4.78 is 1.34. The van der Waals surface area contributed by atoms with Crippen molar-refractivity contribution in [2.45, 2.75) is 46.5 Å². The zero-order valence-corrected chi connectivity index (χ0v) is 23.1. The van der Waals surface area contributed by atoms with Crippen LogP contribution in [0.4, 0.5) is 5.00 Å². The van der Waals surface area contributed by atoms with Crippen LogP contribution in [-0.4, -0.2) is 48.7 Å². The second-order valence-corrected chi connectivity index (χ2v) is 11.3. The highest BCUT2D eigenvalue weighted by molar-refractivity contribution is 7.22. The predicted octanol–water partition coefficient (Wildman–Crippen LogP) is 7.88. The molecule has 0 N–H and O–H groups in total. The average Bonchev–Trinajstić information content (AvgIpc) is 3.25. The smallest absolute Gasteiger partial charge is 0.120 e. The van der Waals surface area contributed by atoms with E-state index < -0.39 is 0 Å². The Hall–Kier alpha value is -2.69. The van der Waals surface area contributed by atoms with Crippen LogP contribution < -0.4 is 0 Å². The molecule has 2 heterocycles. The molecule has 1 atom stereocenters. The number of thiophene rings is 1. The number of allylic oxidation sites excluding steroid dienone is 3. The maximum atomic E-state index is 5.38. The van der Waals surface area contributed by atoms with E-state index >= 15 is 0 Å². The average molecular weight is 498 g/mol. The summed E-state index contributed by atoms with van der Waals surface area (Å²) in [6.07, 6.45) is 11.4. The lowest BCUT2D eigenvalue weighted by atomic mass is 9.96. The second kappa shape index (κ2) is 11.1. The van der Waals surface area contributed by atoms with Gasteiger partial charge in [-0.05, 0) is 84.5 Å². The van der Waals surface area contributed by atoms with Crippen LogP contribution in [0, 0.1) is 5.92 Å². The van der Waals surface area contributed by atoms with Gasteiger partial charge in [0.05, 0.1) is 0 Å². The topological polar surface area (TPSA) is 18.8 Å². The summed E-state index contributed by atoms with van der Waals surface area (Å²) in [6.45, 7) is 11.2. The first kappa shape index (κ1) is 25.0. The van der Waals surface area contributed by atoms with Gasteiger partial charge in [-0.15, -0.1) is 11.3 Å². The Morgan fingerprint density at radius 1 is 0.944 bits per heavy atom. The Balaban J connectivity index is 1.52. The van der Waals surface area contributed by atoms with Gasteiger partial charge in [0.2, 0.25) is 0 Å². The largest absolute Gasteiger partial charge is 0.369 e. The normalized spacial score (nSPS) is 22.9. The van der Waals surface area contributed by atoms with Crippen molar-refractivity contribution in [3.8, 4) is 11.1 Å². The predicted molar refractivity (Wildman–Crippen MR) is 158 cm³/mol. The Morgan fingerprint density at radius 3 is 2.42 bits per heavy atom. The molecule has 2 aromatic carbocycles. The first-order valence-corrected chi connectivity index (χ1v) is 14.4. The lowest BCUT2D eigenvalue weighted by Gasteiger charge is -2.35. The van der Waals surface area contributed by atoms with Gasteiger partial charge in [0.1, 0.15) is 5.00 Å².